The molecule has 0 aliphatic heterocycles. The molecule has 2 atom stereocenters. The maximum atomic E-state index is 12.4. The first kappa shape index (κ1) is 73.6. The predicted molar refractivity (Wildman–Crippen MR) is 329 cm³/mol. The first-order valence-electron chi connectivity index (χ1n) is 34.4. The van der Waals surface area contributed by atoms with Crippen LogP contribution in [-0.4, -0.2) is 47.4 Å². The van der Waals surface area contributed by atoms with Crippen molar-refractivity contribution in [2.75, 3.05) is 13.2 Å². The summed E-state index contributed by atoms with van der Waals surface area (Å²) in [4.78, 5) is 24.5. The van der Waals surface area contributed by atoms with E-state index in [-0.39, 0.29) is 18.5 Å². The number of aliphatic hydroxyl groups excluding tert-OH is 2. The quantitative estimate of drug-likeness (QED) is 0.0320. The van der Waals surface area contributed by atoms with E-state index in [9.17, 15) is 19.8 Å². The van der Waals surface area contributed by atoms with Gasteiger partial charge in [0.05, 0.1) is 25.4 Å². The fourth-order valence-corrected chi connectivity index (χ4v) is 11.1. The molecule has 0 aliphatic carbocycles. The first-order chi connectivity index (χ1) is 37.0. The largest absolute Gasteiger partial charge is 0.466 e. The maximum absolute atomic E-state index is 12.4. The zero-order chi connectivity index (χ0) is 54.3. The molecule has 0 heterocycles. The van der Waals surface area contributed by atoms with Crippen LogP contribution in [0.4, 0.5) is 0 Å². The topological polar surface area (TPSA) is 95.9 Å². The van der Waals surface area contributed by atoms with Gasteiger partial charge in [0.1, 0.15) is 0 Å². The number of amides is 1. The standard InChI is InChI=1S/C69H135NO5/c1-3-5-7-9-11-13-14-43-47-51-55-59-63-69(74)75-64-60-56-52-48-44-41-39-37-35-33-31-29-27-25-23-21-19-17-15-16-18-20-22-24-26-28-30-32-34-36-38-40-42-46-50-54-58-62-68(73)70-66(65-71)67(72)61-57-53-49-45-12-10-8-6-4-2/h15,17,66-67,71-72H,3-14,16,18-65H2,1-2H3,(H,70,73)/b17-15-. The summed E-state index contributed by atoms with van der Waals surface area (Å²) in [6, 6.07) is -0.535. The second-order valence-corrected chi connectivity index (χ2v) is 23.9. The maximum Gasteiger partial charge on any atom is 0.305 e. The lowest BCUT2D eigenvalue weighted by Crippen LogP contribution is -2.45. The third-order valence-electron chi connectivity index (χ3n) is 16.3. The highest BCUT2D eigenvalue weighted by molar-refractivity contribution is 5.76. The number of carbonyl (C=O) groups excluding carboxylic acids is 2. The molecule has 0 spiro atoms. The van der Waals surface area contributed by atoms with Gasteiger partial charge >= 0.3 is 5.97 Å². The van der Waals surface area contributed by atoms with Crippen molar-refractivity contribution in [2.45, 2.75) is 405 Å². The number of hydrogen-bond acceptors (Lipinski definition) is 5. The van der Waals surface area contributed by atoms with Crippen LogP contribution >= 0.6 is 0 Å². The minimum Gasteiger partial charge on any atom is -0.466 e. The van der Waals surface area contributed by atoms with Crippen LogP contribution in [0.15, 0.2) is 12.2 Å². The Morgan fingerprint density at radius 1 is 0.360 bits per heavy atom. The molecule has 1 amide bonds. The molecule has 6 nitrogen and oxygen atoms in total. The lowest BCUT2D eigenvalue weighted by atomic mass is 10.0. The average molecular weight is 1060 g/mol. The number of unbranched alkanes of at least 4 members (excludes halogenated alkanes) is 52. The molecule has 75 heavy (non-hydrogen) atoms. The highest BCUT2D eigenvalue weighted by Gasteiger charge is 2.20. The normalized spacial score (nSPS) is 12.5. The summed E-state index contributed by atoms with van der Waals surface area (Å²) in [5, 5.41) is 23.1. The first-order valence-corrected chi connectivity index (χ1v) is 34.4. The second kappa shape index (κ2) is 65.1. The number of aliphatic hydroxyl groups is 2. The van der Waals surface area contributed by atoms with Gasteiger partial charge in [-0.15, -0.1) is 0 Å². The summed E-state index contributed by atoms with van der Waals surface area (Å²) in [6.45, 7) is 4.96. The smallest absolute Gasteiger partial charge is 0.305 e. The van der Waals surface area contributed by atoms with E-state index in [1.807, 2.05) is 0 Å². The van der Waals surface area contributed by atoms with Crippen molar-refractivity contribution in [1.29, 1.82) is 0 Å². The molecule has 0 saturated heterocycles. The zero-order valence-corrected chi connectivity index (χ0v) is 51.1. The number of nitrogens with one attached hydrogen (secondary N) is 1. The van der Waals surface area contributed by atoms with Crippen LogP contribution in [0.25, 0.3) is 0 Å². The fraction of sp³-hybridized carbons (Fsp3) is 0.942. The van der Waals surface area contributed by atoms with Crippen molar-refractivity contribution in [3.63, 3.8) is 0 Å². The number of hydrogen-bond donors (Lipinski definition) is 3. The van der Waals surface area contributed by atoms with Crippen LogP contribution in [0.5, 0.6) is 0 Å². The average Bonchev–Trinajstić information content (AvgIpc) is 3.41. The minimum atomic E-state index is -0.658. The molecule has 2 unspecified atom stereocenters. The Morgan fingerprint density at radius 2 is 0.627 bits per heavy atom. The highest BCUT2D eigenvalue weighted by Crippen LogP contribution is 2.19. The highest BCUT2D eigenvalue weighted by atomic mass is 16.5. The second-order valence-electron chi connectivity index (χ2n) is 23.9. The van der Waals surface area contributed by atoms with Gasteiger partial charge in [-0.05, 0) is 51.4 Å². The summed E-state index contributed by atoms with van der Waals surface area (Å²) in [6.07, 6.45) is 80.0. The molecular weight excluding hydrogens is 923 g/mol. The van der Waals surface area contributed by atoms with Gasteiger partial charge in [-0.25, -0.2) is 0 Å². The van der Waals surface area contributed by atoms with Crippen molar-refractivity contribution in [2.24, 2.45) is 0 Å². The number of rotatable bonds is 65. The van der Waals surface area contributed by atoms with Crippen molar-refractivity contribution >= 4 is 11.9 Å². The van der Waals surface area contributed by atoms with E-state index < -0.39 is 12.1 Å². The van der Waals surface area contributed by atoms with E-state index in [0.717, 1.165) is 38.5 Å². The molecule has 0 fully saturated rings. The van der Waals surface area contributed by atoms with Gasteiger partial charge in [0.15, 0.2) is 0 Å². The molecular formula is C69H135NO5. The van der Waals surface area contributed by atoms with E-state index in [1.54, 1.807) is 0 Å². The van der Waals surface area contributed by atoms with Gasteiger partial charge in [0, 0.05) is 12.8 Å². The Hall–Kier alpha value is -1.40. The van der Waals surface area contributed by atoms with E-state index in [1.165, 1.54) is 321 Å². The third kappa shape index (κ3) is 61.7. The summed E-state index contributed by atoms with van der Waals surface area (Å²) >= 11 is 0. The van der Waals surface area contributed by atoms with Gasteiger partial charge in [-0.1, -0.05) is 341 Å². The fourth-order valence-electron chi connectivity index (χ4n) is 11.1. The zero-order valence-electron chi connectivity index (χ0n) is 51.1. The van der Waals surface area contributed by atoms with Gasteiger partial charge in [0.2, 0.25) is 5.91 Å². The monoisotopic (exact) mass is 1060 g/mol. The molecule has 0 aromatic rings. The molecule has 3 N–H and O–H groups in total. The molecule has 0 aromatic heterocycles. The Labute approximate surface area is 469 Å². The molecule has 446 valence electrons. The summed E-state index contributed by atoms with van der Waals surface area (Å²) < 4.78 is 5.48. The van der Waals surface area contributed by atoms with Crippen molar-refractivity contribution in [1.82, 2.24) is 5.32 Å². The van der Waals surface area contributed by atoms with Crippen LogP contribution in [0.2, 0.25) is 0 Å². The van der Waals surface area contributed by atoms with Crippen LogP contribution in [0.3, 0.4) is 0 Å². The Bertz CT molecular complexity index is 1130. The van der Waals surface area contributed by atoms with Gasteiger partial charge in [0.25, 0.3) is 0 Å². The van der Waals surface area contributed by atoms with Crippen molar-refractivity contribution in [3.05, 3.63) is 12.2 Å². The molecule has 0 rings (SSSR count). The van der Waals surface area contributed by atoms with Crippen LogP contribution in [-0.2, 0) is 14.3 Å². The SMILES string of the molecule is CCCCCCCCCCCCCCC(=O)OCCCCCCCCCCCCCCCCCC/C=C\CCCCCCCCCCCCCCCCCCCC(=O)NC(CO)C(O)CCCCCCCCCCC. The lowest BCUT2D eigenvalue weighted by molar-refractivity contribution is -0.143. The molecule has 0 radical (unpaired) electrons. The number of ether oxygens (including phenoxy) is 1. The molecule has 0 aliphatic rings. The predicted octanol–water partition coefficient (Wildman–Crippen LogP) is 22.0. The molecule has 6 heteroatoms. The molecule has 0 saturated carbocycles. The Balaban J connectivity index is 3.29. The van der Waals surface area contributed by atoms with Gasteiger partial charge < -0.3 is 20.3 Å². The number of esters is 1. The Kier molecular flexibility index (Phi) is 63.9. The number of carbonyl (C=O) groups is 2. The van der Waals surface area contributed by atoms with E-state index in [2.05, 4.69) is 31.3 Å². The van der Waals surface area contributed by atoms with Gasteiger partial charge in [-0.2, -0.15) is 0 Å². The molecule has 0 aromatic carbocycles. The Morgan fingerprint density at radius 3 is 0.947 bits per heavy atom. The summed E-state index contributed by atoms with van der Waals surface area (Å²) in [5.74, 6) is -0.00872. The lowest BCUT2D eigenvalue weighted by Gasteiger charge is -2.22. The summed E-state index contributed by atoms with van der Waals surface area (Å²) in [5.41, 5.74) is 0. The van der Waals surface area contributed by atoms with E-state index >= 15 is 0 Å². The van der Waals surface area contributed by atoms with Crippen LogP contribution in [0, 0.1) is 0 Å². The molecule has 0 bridgehead atoms. The van der Waals surface area contributed by atoms with Gasteiger partial charge in [-0.3, -0.25) is 9.59 Å². The van der Waals surface area contributed by atoms with E-state index in [4.69, 9.17) is 4.74 Å². The van der Waals surface area contributed by atoms with Crippen LogP contribution < -0.4 is 5.32 Å². The third-order valence-corrected chi connectivity index (χ3v) is 16.3. The van der Waals surface area contributed by atoms with Crippen molar-refractivity contribution in [3.8, 4) is 0 Å². The summed E-state index contributed by atoms with van der Waals surface area (Å²) in [7, 11) is 0. The number of allylic oxidation sites excluding steroid dienone is 2. The van der Waals surface area contributed by atoms with Crippen LogP contribution in [0.1, 0.15) is 393 Å². The van der Waals surface area contributed by atoms with E-state index in [0.29, 0.717) is 25.9 Å². The minimum absolute atomic E-state index is 0.0227. The van der Waals surface area contributed by atoms with Crippen molar-refractivity contribution < 1.29 is 24.5 Å².